The summed E-state index contributed by atoms with van der Waals surface area (Å²) in [6, 6.07) is 5.77. The number of hydrogen-bond donors (Lipinski definition) is 0. The van der Waals surface area contributed by atoms with Crippen molar-refractivity contribution in [2.24, 2.45) is 7.05 Å². The van der Waals surface area contributed by atoms with E-state index in [1.54, 1.807) is 0 Å². The van der Waals surface area contributed by atoms with Crippen molar-refractivity contribution in [3.63, 3.8) is 0 Å². The van der Waals surface area contributed by atoms with E-state index in [0.717, 1.165) is 11.1 Å². The summed E-state index contributed by atoms with van der Waals surface area (Å²) in [7, 11) is 8.31. The molecule has 3 nitrogen and oxygen atoms in total. The predicted molar refractivity (Wildman–Crippen MR) is 90.1 cm³/mol. The minimum atomic E-state index is -0.279. The fraction of sp³-hybridized carbons (Fsp3) is 0.500. The zero-order valence-corrected chi connectivity index (χ0v) is 13.6. The van der Waals surface area contributed by atoms with Gasteiger partial charge in [-0.3, -0.25) is 0 Å². The molecule has 0 spiro atoms. The van der Waals surface area contributed by atoms with Gasteiger partial charge in [-0.15, -0.1) is 0 Å². The van der Waals surface area contributed by atoms with Crippen LogP contribution in [0.4, 0.5) is 0 Å². The molecule has 2 radical (unpaired) electrons. The highest BCUT2D eigenvalue weighted by Crippen LogP contribution is 2.37. The molecule has 0 bridgehead atoms. The maximum atomic E-state index is 12.1. The molecular formula is C18H22BNO2. The Labute approximate surface area is 133 Å². The molecular weight excluding hydrogens is 273 g/mol. The summed E-state index contributed by atoms with van der Waals surface area (Å²) in [5, 5.41) is 1.17. The Morgan fingerprint density at radius 1 is 1.32 bits per heavy atom. The lowest BCUT2D eigenvalue weighted by Crippen LogP contribution is -2.18. The molecule has 0 amide bonds. The van der Waals surface area contributed by atoms with Gasteiger partial charge in [-0.25, -0.2) is 4.79 Å². The number of nitrogens with zero attached hydrogens (tertiary/aromatic N) is 1. The van der Waals surface area contributed by atoms with Gasteiger partial charge < -0.3 is 9.30 Å². The monoisotopic (exact) mass is 295 g/mol. The number of ether oxygens (including phenoxy) is 1. The van der Waals surface area contributed by atoms with Gasteiger partial charge in [0.15, 0.2) is 0 Å². The van der Waals surface area contributed by atoms with E-state index in [-0.39, 0.29) is 12.1 Å². The van der Waals surface area contributed by atoms with E-state index >= 15 is 0 Å². The SMILES string of the molecule is [B]c1c(C2CCCC2)c2ccc(C(=O)OC(C)C)cc2n1C. The van der Waals surface area contributed by atoms with Crippen LogP contribution < -0.4 is 5.59 Å². The van der Waals surface area contributed by atoms with Crippen molar-refractivity contribution in [1.29, 1.82) is 0 Å². The number of hydrogen-bond acceptors (Lipinski definition) is 2. The van der Waals surface area contributed by atoms with Crippen LogP contribution in [0.3, 0.4) is 0 Å². The lowest BCUT2D eigenvalue weighted by Gasteiger charge is -2.11. The third kappa shape index (κ3) is 2.55. The van der Waals surface area contributed by atoms with Gasteiger partial charge >= 0.3 is 5.97 Å². The summed E-state index contributed by atoms with van der Waals surface area (Å²) in [5.74, 6) is 0.274. The molecule has 1 fully saturated rings. The number of benzene rings is 1. The highest BCUT2D eigenvalue weighted by molar-refractivity contribution is 6.34. The molecule has 114 valence electrons. The Morgan fingerprint density at radius 3 is 2.64 bits per heavy atom. The van der Waals surface area contributed by atoms with Gasteiger partial charge in [0.2, 0.25) is 0 Å². The molecule has 3 rings (SSSR count). The van der Waals surface area contributed by atoms with Crippen LogP contribution in [-0.2, 0) is 11.8 Å². The number of carbonyl (C=O) groups is 1. The second-order valence-electron chi connectivity index (χ2n) is 6.53. The Kier molecular flexibility index (Phi) is 4.03. The van der Waals surface area contributed by atoms with Crippen LogP contribution in [0.5, 0.6) is 0 Å². The van der Waals surface area contributed by atoms with Gasteiger partial charge in [0.25, 0.3) is 0 Å². The average molecular weight is 295 g/mol. The summed E-state index contributed by atoms with van der Waals surface area (Å²) in [6.45, 7) is 3.71. The summed E-state index contributed by atoms with van der Waals surface area (Å²) in [4.78, 5) is 12.1. The lowest BCUT2D eigenvalue weighted by molar-refractivity contribution is 0.0378. The number of aryl methyl sites for hydroxylation is 1. The number of esters is 1. The highest BCUT2D eigenvalue weighted by Gasteiger charge is 2.24. The first kappa shape index (κ1) is 15.2. The molecule has 2 aromatic rings. The molecule has 0 atom stereocenters. The first-order chi connectivity index (χ1) is 10.5. The highest BCUT2D eigenvalue weighted by atomic mass is 16.5. The fourth-order valence-electron chi connectivity index (χ4n) is 3.54. The number of rotatable bonds is 3. The Hall–Kier alpha value is -1.71. The van der Waals surface area contributed by atoms with Crippen molar-refractivity contribution in [3.05, 3.63) is 29.3 Å². The van der Waals surface area contributed by atoms with E-state index in [9.17, 15) is 4.79 Å². The first-order valence-electron chi connectivity index (χ1n) is 8.07. The third-order valence-corrected chi connectivity index (χ3v) is 4.63. The van der Waals surface area contributed by atoms with Crippen molar-refractivity contribution in [2.75, 3.05) is 0 Å². The lowest BCUT2D eigenvalue weighted by atomic mass is 9.87. The van der Waals surface area contributed by atoms with E-state index < -0.39 is 0 Å². The quantitative estimate of drug-likeness (QED) is 0.643. The van der Waals surface area contributed by atoms with Crippen molar-refractivity contribution >= 4 is 30.3 Å². The zero-order valence-electron chi connectivity index (χ0n) is 13.6. The molecule has 0 unspecified atom stereocenters. The van der Waals surface area contributed by atoms with Gasteiger partial charge in [0, 0.05) is 18.0 Å². The summed E-state index contributed by atoms with van der Waals surface area (Å²) >= 11 is 0. The van der Waals surface area contributed by atoms with Crippen molar-refractivity contribution in [2.45, 2.75) is 51.6 Å². The number of aromatic nitrogens is 1. The third-order valence-electron chi connectivity index (χ3n) is 4.63. The maximum absolute atomic E-state index is 12.1. The fourth-order valence-corrected chi connectivity index (χ4v) is 3.54. The topological polar surface area (TPSA) is 31.2 Å². The molecule has 1 saturated carbocycles. The average Bonchev–Trinajstić information content (AvgIpc) is 3.06. The van der Waals surface area contributed by atoms with Crippen LogP contribution in [0.2, 0.25) is 0 Å². The summed E-state index contributed by atoms with van der Waals surface area (Å²) in [5.41, 5.74) is 3.69. The Bertz CT molecular complexity index is 711. The molecule has 0 saturated heterocycles. The van der Waals surface area contributed by atoms with Gasteiger partial charge in [-0.2, -0.15) is 0 Å². The van der Waals surface area contributed by atoms with Crippen LogP contribution in [0.25, 0.3) is 10.9 Å². The summed E-state index contributed by atoms with van der Waals surface area (Å²) < 4.78 is 7.28. The number of carbonyl (C=O) groups excluding carboxylic acids is 1. The normalized spacial score (nSPS) is 15.8. The van der Waals surface area contributed by atoms with Crippen molar-refractivity contribution in [3.8, 4) is 0 Å². The number of fused-ring (bicyclic) bond motifs is 1. The molecule has 1 aliphatic carbocycles. The molecule has 22 heavy (non-hydrogen) atoms. The van der Waals surface area contributed by atoms with Crippen LogP contribution in [-0.4, -0.2) is 24.5 Å². The molecule has 0 aliphatic heterocycles. The van der Waals surface area contributed by atoms with E-state index in [4.69, 9.17) is 12.6 Å². The largest absolute Gasteiger partial charge is 0.459 e. The first-order valence-corrected chi connectivity index (χ1v) is 8.07. The minimum Gasteiger partial charge on any atom is -0.459 e. The Balaban J connectivity index is 2.06. The van der Waals surface area contributed by atoms with Crippen LogP contribution in [0, 0.1) is 0 Å². The van der Waals surface area contributed by atoms with Crippen LogP contribution in [0.15, 0.2) is 18.2 Å². The molecule has 1 aliphatic rings. The predicted octanol–water partition coefficient (Wildman–Crippen LogP) is 3.19. The maximum Gasteiger partial charge on any atom is 0.338 e. The molecule has 1 heterocycles. The van der Waals surface area contributed by atoms with Crippen LogP contribution in [0.1, 0.15) is 61.4 Å². The zero-order chi connectivity index (χ0) is 15.9. The smallest absolute Gasteiger partial charge is 0.338 e. The van der Waals surface area contributed by atoms with E-state index in [0.29, 0.717) is 11.5 Å². The molecule has 4 heteroatoms. The minimum absolute atomic E-state index is 0.115. The van der Waals surface area contributed by atoms with E-state index in [1.807, 2.05) is 43.7 Å². The van der Waals surface area contributed by atoms with Crippen molar-refractivity contribution in [1.82, 2.24) is 4.57 Å². The van der Waals surface area contributed by atoms with Gasteiger partial charge in [0.05, 0.1) is 11.7 Å². The van der Waals surface area contributed by atoms with Gasteiger partial charge in [-0.05, 0) is 55.9 Å². The van der Waals surface area contributed by atoms with Gasteiger partial charge in [0.1, 0.15) is 7.85 Å². The van der Waals surface area contributed by atoms with Crippen LogP contribution >= 0.6 is 0 Å². The van der Waals surface area contributed by atoms with E-state index in [1.165, 1.54) is 36.6 Å². The van der Waals surface area contributed by atoms with E-state index in [2.05, 4.69) is 0 Å². The second kappa shape index (κ2) is 5.83. The summed E-state index contributed by atoms with van der Waals surface area (Å²) in [6.07, 6.45) is 4.86. The Morgan fingerprint density at radius 2 is 2.00 bits per heavy atom. The second-order valence-corrected chi connectivity index (χ2v) is 6.53. The molecule has 1 aromatic heterocycles. The molecule has 0 N–H and O–H groups in total. The van der Waals surface area contributed by atoms with Crippen molar-refractivity contribution < 1.29 is 9.53 Å². The standard InChI is InChI=1S/C18H22BNO2/c1-11(2)22-18(21)13-8-9-14-15(10-13)20(3)17(19)16(14)12-6-4-5-7-12/h8-12H,4-7H2,1-3H3. The van der Waals surface area contributed by atoms with Gasteiger partial charge in [-0.1, -0.05) is 18.9 Å². The molecule has 1 aromatic carbocycles.